The van der Waals surface area contributed by atoms with Gasteiger partial charge in [-0.3, -0.25) is 0 Å². The van der Waals surface area contributed by atoms with Crippen molar-refractivity contribution in [3.8, 4) is 0 Å². The van der Waals surface area contributed by atoms with E-state index in [9.17, 15) is 4.39 Å². The van der Waals surface area contributed by atoms with E-state index in [-0.39, 0.29) is 11.9 Å². The first-order valence-corrected chi connectivity index (χ1v) is 10.2. The zero-order valence-corrected chi connectivity index (χ0v) is 16.6. The smallest absolute Gasteiger partial charge is 0.206 e. The molecular weight excluding hydrogens is 375 g/mol. The van der Waals surface area contributed by atoms with Crippen molar-refractivity contribution in [1.82, 2.24) is 10.2 Å². The molecule has 2 heterocycles. The Morgan fingerprint density at radius 2 is 1.79 bits per heavy atom. The van der Waals surface area contributed by atoms with Gasteiger partial charge in [-0.2, -0.15) is 0 Å². The molecule has 4 rings (SSSR count). The third kappa shape index (κ3) is 4.66. The van der Waals surface area contributed by atoms with Gasteiger partial charge in [0.1, 0.15) is 10.8 Å². The first-order chi connectivity index (χ1) is 13.7. The lowest BCUT2D eigenvalue weighted by Gasteiger charge is -2.29. The van der Waals surface area contributed by atoms with Gasteiger partial charge < -0.3 is 15.0 Å². The molecule has 1 unspecified atom stereocenters. The molecule has 0 saturated carbocycles. The fourth-order valence-corrected chi connectivity index (χ4v) is 4.09. The number of halogens is 1. The summed E-state index contributed by atoms with van der Waals surface area (Å²) in [5, 5.41) is 13.6. The second-order valence-corrected chi connectivity index (χ2v) is 7.92. The summed E-state index contributed by atoms with van der Waals surface area (Å²) in [6, 6.07) is 15.3. The first-order valence-electron chi connectivity index (χ1n) is 9.43. The Morgan fingerprint density at radius 1 is 1.07 bits per heavy atom. The van der Waals surface area contributed by atoms with E-state index in [4.69, 9.17) is 4.74 Å². The standard InChI is InChI=1S/C21H23FN4OS/c1-15(17-4-8-19(9-5-17)26-10-12-27-13-11-26)23-21-25-24-20(28-21)14-16-2-6-18(22)7-3-16/h2-9,15H,10-14H2,1H3,(H,23,25). The van der Waals surface area contributed by atoms with Crippen LogP contribution in [0.25, 0.3) is 0 Å². The molecule has 1 fully saturated rings. The molecule has 146 valence electrons. The molecule has 0 aliphatic carbocycles. The molecule has 1 aromatic heterocycles. The van der Waals surface area contributed by atoms with Crippen molar-refractivity contribution >= 4 is 22.2 Å². The maximum atomic E-state index is 13.0. The topological polar surface area (TPSA) is 50.3 Å². The van der Waals surface area contributed by atoms with Gasteiger partial charge in [-0.05, 0) is 42.3 Å². The number of aromatic nitrogens is 2. The number of anilines is 2. The molecule has 0 amide bonds. The van der Waals surface area contributed by atoms with Crippen LogP contribution >= 0.6 is 11.3 Å². The van der Waals surface area contributed by atoms with E-state index >= 15 is 0 Å². The first kappa shape index (κ1) is 18.8. The van der Waals surface area contributed by atoms with Gasteiger partial charge in [0, 0.05) is 25.2 Å². The Hall–Kier alpha value is -2.51. The minimum absolute atomic E-state index is 0.130. The van der Waals surface area contributed by atoms with E-state index in [1.54, 1.807) is 12.1 Å². The van der Waals surface area contributed by atoms with Crippen LogP contribution in [0.2, 0.25) is 0 Å². The van der Waals surface area contributed by atoms with Crippen LogP contribution in [-0.2, 0) is 11.2 Å². The molecule has 3 aromatic rings. The van der Waals surface area contributed by atoms with E-state index in [1.807, 2.05) is 0 Å². The SMILES string of the molecule is CC(Nc1nnc(Cc2ccc(F)cc2)s1)c1ccc(N2CCOCC2)cc1. The third-order valence-corrected chi connectivity index (χ3v) is 5.70. The van der Waals surface area contributed by atoms with Gasteiger partial charge in [0.2, 0.25) is 5.13 Å². The van der Waals surface area contributed by atoms with Crippen LogP contribution in [-0.4, -0.2) is 36.5 Å². The quantitative estimate of drug-likeness (QED) is 0.672. The lowest BCUT2D eigenvalue weighted by molar-refractivity contribution is 0.122. The van der Waals surface area contributed by atoms with Crippen LogP contribution in [0.15, 0.2) is 48.5 Å². The van der Waals surface area contributed by atoms with Gasteiger partial charge in [-0.25, -0.2) is 4.39 Å². The molecule has 1 aliphatic rings. The number of rotatable bonds is 6. The minimum Gasteiger partial charge on any atom is -0.378 e. The predicted octanol–water partition coefficient (Wildman–Crippen LogP) is 4.28. The summed E-state index contributed by atoms with van der Waals surface area (Å²) in [5.41, 5.74) is 3.46. The fraction of sp³-hybridized carbons (Fsp3) is 0.333. The van der Waals surface area contributed by atoms with Crippen LogP contribution in [0, 0.1) is 5.82 Å². The fourth-order valence-electron chi connectivity index (χ4n) is 3.22. The maximum Gasteiger partial charge on any atom is 0.206 e. The van der Waals surface area contributed by atoms with Crippen molar-refractivity contribution in [2.75, 3.05) is 36.5 Å². The molecule has 1 N–H and O–H groups in total. The minimum atomic E-state index is -0.225. The lowest BCUT2D eigenvalue weighted by atomic mass is 10.1. The van der Waals surface area contributed by atoms with E-state index in [2.05, 4.69) is 51.6 Å². The van der Waals surface area contributed by atoms with Crippen molar-refractivity contribution in [2.45, 2.75) is 19.4 Å². The number of morpholine rings is 1. The Labute approximate surface area is 168 Å². The number of ether oxygens (including phenoxy) is 1. The molecule has 5 nitrogen and oxygen atoms in total. The molecule has 1 saturated heterocycles. The van der Waals surface area contributed by atoms with Crippen molar-refractivity contribution < 1.29 is 9.13 Å². The summed E-state index contributed by atoms with van der Waals surface area (Å²) >= 11 is 1.53. The molecule has 2 aromatic carbocycles. The Morgan fingerprint density at radius 3 is 2.50 bits per heavy atom. The average Bonchev–Trinajstić information content (AvgIpc) is 3.17. The van der Waals surface area contributed by atoms with Gasteiger partial charge in [-0.1, -0.05) is 35.6 Å². The number of nitrogens with one attached hydrogen (secondary N) is 1. The normalized spacial score (nSPS) is 15.4. The van der Waals surface area contributed by atoms with Gasteiger partial charge in [-0.15, -0.1) is 10.2 Å². The average molecular weight is 399 g/mol. The Balaban J connectivity index is 1.36. The zero-order chi connectivity index (χ0) is 19.3. The molecule has 0 spiro atoms. The molecule has 1 aliphatic heterocycles. The summed E-state index contributed by atoms with van der Waals surface area (Å²) in [4.78, 5) is 2.35. The maximum absolute atomic E-state index is 13.0. The van der Waals surface area contributed by atoms with Crippen LogP contribution in [0.1, 0.15) is 29.1 Å². The van der Waals surface area contributed by atoms with Crippen LogP contribution in [0.4, 0.5) is 15.2 Å². The monoisotopic (exact) mass is 398 g/mol. The second kappa shape index (κ2) is 8.67. The predicted molar refractivity (Wildman–Crippen MR) is 111 cm³/mol. The van der Waals surface area contributed by atoms with Gasteiger partial charge in [0.15, 0.2) is 0 Å². The van der Waals surface area contributed by atoms with Crippen molar-refractivity contribution in [1.29, 1.82) is 0 Å². The van der Waals surface area contributed by atoms with Crippen molar-refractivity contribution in [3.63, 3.8) is 0 Å². The van der Waals surface area contributed by atoms with E-state index in [0.29, 0.717) is 6.42 Å². The highest BCUT2D eigenvalue weighted by atomic mass is 32.1. The summed E-state index contributed by atoms with van der Waals surface area (Å²) in [7, 11) is 0. The van der Waals surface area contributed by atoms with Crippen LogP contribution in [0.3, 0.4) is 0 Å². The number of hydrogen-bond acceptors (Lipinski definition) is 6. The molecule has 0 radical (unpaired) electrons. The van der Waals surface area contributed by atoms with Crippen molar-refractivity contribution in [3.05, 3.63) is 70.5 Å². The molecule has 28 heavy (non-hydrogen) atoms. The van der Waals surface area contributed by atoms with E-state index in [1.165, 1.54) is 34.7 Å². The van der Waals surface area contributed by atoms with Crippen molar-refractivity contribution in [2.24, 2.45) is 0 Å². The van der Waals surface area contributed by atoms with E-state index in [0.717, 1.165) is 42.0 Å². The Bertz CT molecular complexity index is 892. The summed E-state index contributed by atoms with van der Waals surface area (Å²) in [5.74, 6) is -0.225. The van der Waals surface area contributed by atoms with Crippen LogP contribution in [0.5, 0.6) is 0 Å². The number of nitrogens with zero attached hydrogens (tertiary/aromatic N) is 3. The lowest BCUT2D eigenvalue weighted by Crippen LogP contribution is -2.36. The summed E-state index contributed by atoms with van der Waals surface area (Å²) in [6.07, 6.45) is 0.655. The third-order valence-electron chi connectivity index (χ3n) is 4.84. The summed E-state index contributed by atoms with van der Waals surface area (Å²) in [6.45, 7) is 5.57. The highest BCUT2D eigenvalue weighted by molar-refractivity contribution is 7.15. The van der Waals surface area contributed by atoms with Gasteiger partial charge in [0.05, 0.1) is 19.3 Å². The molecule has 0 bridgehead atoms. The van der Waals surface area contributed by atoms with Gasteiger partial charge in [0.25, 0.3) is 0 Å². The number of benzene rings is 2. The second-order valence-electron chi connectivity index (χ2n) is 6.86. The number of hydrogen-bond donors (Lipinski definition) is 1. The largest absolute Gasteiger partial charge is 0.378 e. The molecular formula is C21H23FN4OS. The van der Waals surface area contributed by atoms with Gasteiger partial charge >= 0.3 is 0 Å². The zero-order valence-electron chi connectivity index (χ0n) is 15.8. The molecule has 1 atom stereocenters. The highest BCUT2D eigenvalue weighted by Gasteiger charge is 2.13. The van der Waals surface area contributed by atoms with Crippen LogP contribution < -0.4 is 10.2 Å². The molecule has 7 heteroatoms. The summed E-state index contributed by atoms with van der Waals surface area (Å²) < 4.78 is 18.4. The highest BCUT2D eigenvalue weighted by Crippen LogP contribution is 2.25. The van der Waals surface area contributed by atoms with E-state index < -0.39 is 0 Å². The Kier molecular flexibility index (Phi) is 5.83.